The van der Waals surface area contributed by atoms with Crippen LogP contribution in [0.3, 0.4) is 0 Å². The SMILES string of the molecule is CCCC[C@H](CN(O)C=O)C(=O)N1CCC[C@H]1c1nc2ccncc2n1CCOC. The van der Waals surface area contributed by atoms with Crippen molar-refractivity contribution < 1.29 is 19.5 Å². The van der Waals surface area contributed by atoms with Crippen molar-refractivity contribution in [1.82, 2.24) is 24.5 Å². The Morgan fingerprint density at radius 3 is 3.07 bits per heavy atom. The van der Waals surface area contributed by atoms with Gasteiger partial charge in [0.05, 0.1) is 42.3 Å². The zero-order valence-electron chi connectivity index (χ0n) is 17.7. The van der Waals surface area contributed by atoms with E-state index in [1.54, 1.807) is 19.5 Å². The molecule has 3 rings (SSSR count). The van der Waals surface area contributed by atoms with Crippen molar-refractivity contribution in [2.45, 2.75) is 51.6 Å². The van der Waals surface area contributed by atoms with Crippen molar-refractivity contribution in [3.63, 3.8) is 0 Å². The average molecular weight is 418 g/mol. The summed E-state index contributed by atoms with van der Waals surface area (Å²) in [6.07, 6.45) is 8.01. The lowest BCUT2D eigenvalue weighted by atomic mass is 9.99. The van der Waals surface area contributed by atoms with Gasteiger partial charge in [-0.05, 0) is 25.3 Å². The summed E-state index contributed by atoms with van der Waals surface area (Å²) in [6, 6.07) is 1.73. The van der Waals surface area contributed by atoms with Crippen LogP contribution in [-0.2, 0) is 20.9 Å². The summed E-state index contributed by atoms with van der Waals surface area (Å²) in [5.41, 5.74) is 1.77. The zero-order valence-corrected chi connectivity index (χ0v) is 17.7. The summed E-state index contributed by atoms with van der Waals surface area (Å²) in [6.45, 7) is 3.87. The van der Waals surface area contributed by atoms with Crippen molar-refractivity contribution in [3.8, 4) is 0 Å². The van der Waals surface area contributed by atoms with Crippen LogP contribution in [-0.4, -0.2) is 68.8 Å². The lowest BCUT2D eigenvalue weighted by molar-refractivity contribution is -0.157. The fourth-order valence-corrected chi connectivity index (χ4v) is 4.21. The monoisotopic (exact) mass is 417 g/mol. The van der Waals surface area contributed by atoms with E-state index in [-0.39, 0.29) is 18.5 Å². The predicted octanol–water partition coefficient (Wildman–Crippen LogP) is 2.40. The summed E-state index contributed by atoms with van der Waals surface area (Å²) in [7, 11) is 1.66. The van der Waals surface area contributed by atoms with Crippen LogP contribution in [0.2, 0.25) is 0 Å². The number of hydroxylamine groups is 2. The molecule has 0 radical (unpaired) electrons. The number of unbranched alkanes of at least 4 members (excludes halogenated alkanes) is 1. The van der Waals surface area contributed by atoms with Crippen molar-refractivity contribution in [1.29, 1.82) is 0 Å². The van der Waals surface area contributed by atoms with Crippen molar-refractivity contribution in [3.05, 3.63) is 24.3 Å². The first-order valence-electron chi connectivity index (χ1n) is 10.6. The standard InChI is InChI=1S/C21H31N5O4/c1-3-4-6-16(14-24(29)15-27)21(28)26-10-5-7-18(26)20-23-17-8-9-22-13-19(17)25(20)11-12-30-2/h8-9,13,15-16,18,29H,3-7,10-12,14H2,1-2H3/t16-,18+/m1/s1. The molecule has 0 aliphatic carbocycles. The van der Waals surface area contributed by atoms with Gasteiger partial charge in [0, 0.05) is 26.4 Å². The molecule has 30 heavy (non-hydrogen) atoms. The second-order valence-electron chi connectivity index (χ2n) is 7.74. The van der Waals surface area contributed by atoms with E-state index < -0.39 is 5.92 Å². The second kappa shape index (κ2) is 10.5. The van der Waals surface area contributed by atoms with E-state index in [0.29, 0.717) is 37.6 Å². The molecule has 0 saturated carbocycles. The Labute approximate surface area is 176 Å². The van der Waals surface area contributed by atoms with E-state index >= 15 is 0 Å². The minimum Gasteiger partial charge on any atom is -0.383 e. The third-order valence-electron chi connectivity index (χ3n) is 5.72. The summed E-state index contributed by atoms with van der Waals surface area (Å²) in [5.74, 6) is 0.376. The number of rotatable bonds is 11. The van der Waals surface area contributed by atoms with Crippen LogP contribution in [0, 0.1) is 5.92 Å². The van der Waals surface area contributed by atoms with Crippen LogP contribution >= 0.6 is 0 Å². The third kappa shape index (κ3) is 4.79. The van der Waals surface area contributed by atoms with E-state index in [2.05, 4.69) is 16.5 Å². The van der Waals surface area contributed by atoms with E-state index in [4.69, 9.17) is 9.72 Å². The number of carbonyl (C=O) groups excluding carboxylic acids is 2. The third-order valence-corrected chi connectivity index (χ3v) is 5.72. The Morgan fingerprint density at radius 2 is 2.33 bits per heavy atom. The summed E-state index contributed by atoms with van der Waals surface area (Å²) >= 11 is 0. The summed E-state index contributed by atoms with van der Waals surface area (Å²) in [5, 5.41) is 10.3. The molecule has 1 aliphatic rings. The van der Waals surface area contributed by atoms with Crippen LogP contribution in [0.25, 0.3) is 11.0 Å². The quantitative estimate of drug-likeness (QED) is 0.342. The molecule has 2 atom stereocenters. The molecule has 0 unspecified atom stereocenters. The van der Waals surface area contributed by atoms with Crippen LogP contribution in [0.1, 0.15) is 50.9 Å². The molecular formula is C21H31N5O4. The zero-order chi connectivity index (χ0) is 21.5. The van der Waals surface area contributed by atoms with E-state index in [1.807, 2.05) is 11.0 Å². The van der Waals surface area contributed by atoms with Crippen molar-refractivity contribution in [2.75, 3.05) is 26.8 Å². The normalized spacial score (nSPS) is 17.4. The highest BCUT2D eigenvalue weighted by molar-refractivity contribution is 5.80. The lowest BCUT2D eigenvalue weighted by Gasteiger charge is -2.30. The topological polar surface area (TPSA) is 101 Å². The molecular weight excluding hydrogens is 386 g/mol. The van der Waals surface area contributed by atoms with Crippen LogP contribution in [0.4, 0.5) is 0 Å². The van der Waals surface area contributed by atoms with Gasteiger partial charge in [-0.3, -0.25) is 19.8 Å². The van der Waals surface area contributed by atoms with Crippen molar-refractivity contribution in [2.24, 2.45) is 5.92 Å². The van der Waals surface area contributed by atoms with Gasteiger partial charge in [-0.15, -0.1) is 0 Å². The molecule has 9 heteroatoms. The number of amides is 2. The number of likely N-dealkylation sites (tertiary alicyclic amines) is 1. The second-order valence-corrected chi connectivity index (χ2v) is 7.74. The molecule has 3 heterocycles. The fourth-order valence-electron chi connectivity index (χ4n) is 4.21. The van der Waals surface area contributed by atoms with Gasteiger partial charge in [-0.2, -0.15) is 0 Å². The van der Waals surface area contributed by atoms with Crippen LogP contribution < -0.4 is 0 Å². The van der Waals surface area contributed by atoms with Gasteiger partial charge < -0.3 is 14.2 Å². The minimum atomic E-state index is -0.431. The lowest BCUT2D eigenvalue weighted by Crippen LogP contribution is -2.41. The molecule has 2 aromatic rings. The number of hydrogen-bond acceptors (Lipinski definition) is 6. The highest BCUT2D eigenvalue weighted by Gasteiger charge is 2.37. The minimum absolute atomic E-state index is 0.00949. The van der Waals surface area contributed by atoms with Gasteiger partial charge in [-0.1, -0.05) is 19.8 Å². The molecule has 1 aliphatic heterocycles. The molecule has 0 aromatic carbocycles. The molecule has 164 valence electrons. The molecule has 2 aromatic heterocycles. The Balaban J connectivity index is 1.90. The predicted molar refractivity (Wildman–Crippen MR) is 111 cm³/mol. The first-order valence-corrected chi connectivity index (χ1v) is 10.6. The number of pyridine rings is 1. The first kappa shape index (κ1) is 22.2. The number of fused-ring (bicyclic) bond motifs is 1. The highest BCUT2D eigenvalue weighted by Crippen LogP contribution is 2.35. The fraction of sp³-hybridized carbons (Fsp3) is 0.619. The van der Waals surface area contributed by atoms with Gasteiger partial charge in [0.15, 0.2) is 0 Å². The number of hydrogen-bond donors (Lipinski definition) is 1. The largest absolute Gasteiger partial charge is 0.383 e. The van der Waals surface area contributed by atoms with Gasteiger partial charge in [0.2, 0.25) is 12.3 Å². The van der Waals surface area contributed by atoms with Crippen LogP contribution in [0.15, 0.2) is 18.5 Å². The van der Waals surface area contributed by atoms with Gasteiger partial charge in [0.1, 0.15) is 5.82 Å². The van der Waals surface area contributed by atoms with Gasteiger partial charge in [-0.25, -0.2) is 10.0 Å². The van der Waals surface area contributed by atoms with Gasteiger partial charge >= 0.3 is 0 Å². The maximum absolute atomic E-state index is 13.4. The Hall–Kier alpha value is -2.52. The van der Waals surface area contributed by atoms with E-state index in [1.165, 1.54) is 0 Å². The number of aromatic nitrogens is 3. The van der Waals surface area contributed by atoms with Gasteiger partial charge in [0.25, 0.3) is 0 Å². The maximum atomic E-state index is 13.4. The molecule has 1 N–H and O–H groups in total. The van der Waals surface area contributed by atoms with E-state index in [0.717, 1.165) is 42.5 Å². The first-order chi connectivity index (χ1) is 14.6. The number of nitrogens with zero attached hydrogens (tertiary/aromatic N) is 5. The maximum Gasteiger partial charge on any atom is 0.233 e. The number of carbonyl (C=O) groups is 2. The number of methoxy groups -OCH3 is 1. The number of imidazole rings is 1. The smallest absolute Gasteiger partial charge is 0.233 e. The Kier molecular flexibility index (Phi) is 7.75. The summed E-state index contributed by atoms with van der Waals surface area (Å²) in [4.78, 5) is 35.3. The number of ether oxygens (including phenoxy) is 1. The van der Waals surface area contributed by atoms with Crippen molar-refractivity contribution >= 4 is 23.4 Å². The molecule has 0 spiro atoms. The van der Waals surface area contributed by atoms with Crippen LogP contribution in [0.5, 0.6) is 0 Å². The molecule has 9 nitrogen and oxygen atoms in total. The average Bonchev–Trinajstić information content (AvgIpc) is 3.38. The molecule has 2 amide bonds. The Morgan fingerprint density at radius 1 is 1.50 bits per heavy atom. The molecule has 1 fully saturated rings. The molecule has 1 saturated heterocycles. The molecule has 0 bridgehead atoms. The van der Waals surface area contributed by atoms with E-state index in [9.17, 15) is 14.8 Å². The summed E-state index contributed by atoms with van der Waals surface area (Å²) < 4.78 is 7.37. The highest BCUT2D eigenvalue weighted by atomic mass is 16.5. The Bertz CT molecular complexity index is 855.